The molecule has 2 rings (SSSR count). The maximum Gasteiger partial charge on any atom is 0.423 e. The number of aromatic nitrogens is 2. The van der Waals surface area contributed by atoms with Crippen molar-refractivity contribution in [1.82, 2.24) is 9.97 Å². The van der Waals surface area contributed by atoms with Gasteiger partial charge in [0.25, 0.3) is 0 Å². The van der Waals surface area contributed by atoms with E-state index in [0.717, 1.165) is 6.20 Å². The van der Waals surface area contributed by atoms with Crippen molar-refractivity contribution in [2.75, 3.05) is 13.4 Å². The Morgan fingerprint density at radius 2 is 2.00 bits per heavy atom. The van der Waals surface area contributed by atoms with E-state index < -0.39 is 17.6 Å². The van der Waals surface area contributed by atoms with Crippen LogP contribution in [0.4, 0.5) is 13.2 Å². The zero-order chi connectivity index (χ0) is 14.0. The summed E-state index contributed by atoms with van der Waals surface area (Å²) < 4.78 is 48.8. The molecule has 0 aliphatic heterocycles. The second kappa shape index (κ2) is 5.54. The first-order valence-electron chi connectivity index (χ1n) is 5.61. The fourth-order valence-corrected chi connectivity index (χ4v) is 2.03. The van der Waals surface area contributed by atoms with E-state index in [1.165, 1.54) is 11.8 Å². The van der Waals surface area contributed by atoms with Gasteiger partial charge in [-0.2, -0.15) is 18.2 Å². The Balaban J connectivity index is 2.17. The van der Waals surface area contributed by atoms with Crippen LogP contribution in [0.3, 0.4) is 0 Å². The molecule has 1 aliphatic carbocycles. The number of thioether (sulfide) groups is 1. The van der Waals surface area contributed by atoms with Crippen molar-refractivity contribution in [3.05, 3.63) is 11.8 Å². The van der Waals surface area contributed by atoms with Crippen LogP contribution >= 0.6 is 11.8 Å². The Morgan fingerprint density at radius 3 is 2.53 bits per heavy atom. The number of hydrogen-bond acceptors (Lipinski definition) is 5. The first-order valence-corrected chi connectivity index (χ1v) is 6.84. The highest BCUT2D eigenvalue weighted by molar-refractivity contribution is 7.98. The molecule has 1 aromatic rings. The van der Waals surface area contributed by atoms with E-state index in [-0.39, 0.29) is 17.4 Å². The molecule has 0 radical (unpaired) electrons. The average Bonchev–Trinajstić information content (AvgIpc) is 2.31. The molecule has 1 fully saturated rings. The van der Waals surface area contributed by atoms with E-state index in [4.69, 9.17) is 9.47 Å². The molecule has 0 aromatic carbocycles. The minimum atomic E-state index is -4.52. The molecule has 1 aliphatic rings. The maximum absolute atomic E-state index is 12.8. The van der Waals surface area contributed by atoms with Crippen molar-refractivity contribution >= 4 is 11.8 Å². The highest BCUT2D eigenvalue weighted by Crippen LogP contribution is 2.37. The molecule has 4 nitrogen and oxygen atoms in total. The van der Waals surface area contributed by atoms with Crippen LogP contribution in [0.1, 0.15) is 18.4 Å². The van der Waals surface area contributed by atoms with Gasteiger partial charge < -0.3 is 9.47 Å². The van der Waals surface area contributed by atoms with Crippen molar-refractivity contribution in [3.8, 4) is 5.88 Å². The lowest BCUT2D eigenvalue weighted by Crippen LogP contribution is -2.39. The molecule has 0 spiro atoms. The molecule has 0 saturated heterocycles. The Labute approximate surface area is 112 Å². The molecule has 0 unspecified atom stereocenters. The number of alkyl halides is 3. The van der Waals surface area contributed by atoms with E-state index in [2.05, 4.69) is 9.97 Å². The van der Waals surface area contributed by atoms with E-state index in [1.807, 2.05) is 0 Å². The number of hydrogen-bond donors (Lipinski definition) is 0. The Morgan fingerprint density at radius 1 is 1.32 bits per heavy atom. The highest BCUT2D eigenvalue weighted by atomic mass is 32.2. The maximum atomic E-state index is 12.8. The molecule has 1 heterocycles. The second-order valence-corrected chi connectivity index (χ2v) is 4.92. The molecule has 106 valence electrons. The topological polar surface area (TPSA) is 44.2 Å². The molecule has 1 saturated carbocycles. The number of nitrogens with zero attached hydrogens (tertiary/aromatic N) is 2. The molecular weight excluding hydrogens is 281 g/mol. The molecular formula is C11H13F3N2O2S. The van der Waals surface area contributed by atoms with E-state index >= 15 is 0 Å². The first-order chi connectivity index (χ1) is 8.94. The van der Waals surface area contributed by atoms with Gasteiger partial charge in [0, 0.05) is 26.1 Å². The molecule has 0 amide bonds. The lowest BCUT2D eigenvalue weighted by molar-refractivity contribution is -0.141. The zero-order valence-electron chi connectivity index (χ0n) is 10.4. The molecule has 8 heteroatoms. The lowest BCUT2D eigenvalue weighted by Gasteiger charge is -2.34. The van der Waals surface area contributed by atoms with Gasteiger partial charge in [0.1, 0.15) is 11.7 Å². The van der Waals surface area contributed by atoms with Gasteiger partial charge in [-0.15, -0.1) is 0 Å². The number of halogens is 3. The first kappa shape index (κ1) is 14.4. The highest BCUT2D eigenvalue weighted by Gasteiger charge is 2.39. The lowest BCUT2D eigenvalue weighted by atomic mass is 9.92. The van der Waals surface area contributed by atoms with Crippen molar-refractivity contribution < 1.29 is 22.6 Å². The standard InChI is InChI=1S/C11H13F3N2O2S/c1-17-6-3-7(4-6)18-9-8(11(12,13)14)5-15-10(16-9)19-2/h5-7H,3-4H2,1-2H3. The normalized spacial score (nSPS) is 23.0. The van der Waals surface area contributed by atoms with E-state index in [9.17, 15) is 13.2 Å². The van der Waals surface area contributed by atoms with Crippen LogP contribution in [0.5, 0.6) is 5.88 Å². The van der Waals surface area contributed by atoms with Crippen LogP contribution in [0.25, 0.3) is 0 Å². The summed E-state index contributed by atoms with van der Waals surface area (Å²) in [6.07, 6.45) is -1.14. The molecule has 1 aromatic heterocycles. The Bertz CT molecular complexity index is 450. The van der Waals surface area contributed by atoms with Gasteiger partial charge in [0.05, 0.1) is 6.10 Å². The summed E-state index contributed by atoms with van der Waals surface area (Å²) in [7, 11) is 1.57. The predicted octanol–water partition coefficient (Wildman–Crippen LogP) is 2.77. The summed E-state index contributed by atoms with van der Waals surface area (Å²) in [4.78, 5) is 7.43. The van der Waals surface area contributed by atoms with Gasteiger partial charge in [-0.3, -0.25) is 0 Å². The molecule has 0 N–H and O–H groups in total. The summed E-state index contributed by atoms with van der Waals surface area (Å²) >= 11 is 1.17. The zero-order valence-corrected chi connectivity index (χ0v) is 11.2. The van der Waals surface area contributed by atoms with Crippen LogP contribution in [-0.4, -0.2) is 35.5 Å². The van der Waals surface area contributed by atoms with Gasteiger partial charge in [0.15, 0.2) is 5.16 Å². The summed E-state index contributed by atoms with van der Waals surface area (Å²) in [6, 6.07) is 0. The second-order valence-electron chi connectivity index (χ2n) is 4.14. The summed E-state index contributed by atoms with van der Waals surface area (Å²) in [5, 5.41) is 0.255. The average molecular weight is 294 g/mol. The Kier molecular flexibility index (Phi) is 4.19. The number of methoxy groups -OCH3 is 1. The third-order valence-electron chi connectivity index (χ3n) is 2.88. The van der Waals surface area contributed by atoms with Crippen molar-refractivity contribution in [1.29, 1.82) is 0 Å². The van der Waals surface area contributed by atoms with Crippen LogP contribution in [0, 0.1) is 0 Å². The fourth-order valence-electron chi connectivity index (χ4n) is 1.70. The third-order valence-corrected chi connectivity index (χ3v) is 3.44. The SMILES string of the molecule is COC1CC(Oc2nc(SC)ncc2C(F)(F)F)C1. The van der Waals surface area contributed by atoms with Gasteiger partial charge >= 0.3 is 6.18 Å². The van der Waals surface area contributed by atoms with Crippen LogP contribution in [0.2, 0.25) is 0 Å². The van der Waals surface area contributed by atoms with Crippen molar-refractivity contribution in [3.63, 3.8) is 0 Å². The minimum absolute atomic E-state index is 0.0567. The Hall–Kier alpha value is -1.02. The smallest absolute Gasteiger partial charge is 0.423 e. The van der Waals surface area contributed by atoms with Gasteiger partial charge in [-0.1, -0.05) is 11.8 Å². The number of rotatable bonds is 4. The summed E-state index contributed by atoms with van der Waals surface area (Å²) in [5.74, 6) is -0.397. The van der Waals surface area contributed by atoms with Gasteiger partial charge in [-0.05, 0) is 6.26 Å². The van der Waals surface area contributed by atoms with Crippen LogP contribution in [-0.2, 0) is 10.9 Å². The van der Waals surface area contributed by atoms with Crippen LogP contribution < -0.4 is 4.74 Å². The van der Waals surface area contributed by atoms with Crippen molar-refractivity contribution in [2.45, 2.75) is 36.4 Å². The van der Waals surface area contributed by atoms with E-state index in [0.29, 0.717) is 12.8 Å². The van der Waals surface area contributed by atoms with Gasteiger partial charge in [0.2, 0.25) is 5.88 Å². The van der Waals surface area contributed by atoms with Gasteiger partial charge in [-0.25, -0.2) is 4.98 Å². The monoisotopic (exact) mass is 294 g/mol. The molecule has 0 atom stereocenters. The fraction of sp³-hybridized carbons (Fsp3) is 0.636. The largest absolute Gasteiger partial charge is 0.474 e. The van der Waals surface area contributed by atoms with E-state index in [1.54, 1.807) is 13.4 Å². The van der Waals surface area contributed by atoms with Crippen LogP contribution in [0.15, 0.2) is 11.4 Å². The quantitative estimate of drug-likeness (QED) is 0.631. The minimum Gasteiger partial charge on any atom is -0.474 e. The predicted molar refractivity (Wildman–Crippen MR) is 63.3 cm³/mol. The number of ether oxygens (including phenoxy) is 2. The summed E-state index contributed by atoms with van der Waals surface area (Å²) in [5.41, 5.74) is -0.939. The summed E-state index contributed by atoms with van der Waals surface area (Å²) in [6.45, 7) is 0. The van der Waals surface area contributed by atoms with Crippen molar-refractivity contribution in [2.24, 2.45) is 0 Å². The molecule has 19 heavy (non-hydrogen) atoms. The molecule has 0 bridgehead atoms. The third kappa shape index (κ3) is 3.30.